The van der Waals surface area contributed by atoms with Gasteiger partial charge in [0.2, 0.25) is 0 Å². The second kappa shape index (κ2) is 8.85. The Morgan fingerprint density at radius 1 is 0.906 bits per heavy atom. The van der Waals surface area contributed by atoms with E-state index in [-0.39, 0.29) is 23.6 Å². The monoisotopic (exact) mass is 429 g/mol. The van der Waals surface area contributed by atoms with Gasteiger partial charge in [0.15, 0.2) is 0 Å². The van der Waals surface area contributed by atoms with Gasteiger partial charge in [-0.25, -0.2) is 4.39 Å². The summed E-state index contributed by atoms with van der Waals surface area (Å²) in [6.45, 7) is 0.200. The normalized spacial score (nSPS) is 10.7. The lowest BCUT2D eigenvalue weighted by atomic mass is 10.1. The summed E-state index contributed by atoms with van der Waals surface area (Å²) < 4.78 is 14.8. The molecule has 0 spiro atoms. The van der Waals surface area contributed by atoms with Crippen LogP contribution in [0.3, 0.4) is 0 Å². The Kier molecular flexibility index (Phi) is 5.81. The molecule has 3 aromatic carbocycles. The van der Waals surface area contributed by atoms with Crippen LogP contribution in [-0.2, 0) is 13.6 Å². The number of pyridine rings is 1. The molecule has 0 atom stereocenters. The average molecular weight is 429 g/mol. The van der Waals surface area contributed by atoms with Crippen molar-refractivity contribution in [2.75, 3.05) is 5.32 Å². The summed E-state index contributed by atoms with van der Waals surface area (Å²) in [6.07, 6.45) is 0. The number of hydrogen-bond donors (Lipinski definition) is 2. The van der Waals surface area contributed by atoms with Crippen LogP contribution in [0.25, 0.3) is 10.9 Å². The molecule has 1 aromatic heterocycles. The van der Waals surface area contributed by atoms with Crippen molar-refractivity contribution in [1.82, 2.24) is 9.88 Å². The minimum atomic E-state index is -0.489. The Balaban J connectivity index is 1.49. The highest BCUT2D eigenvalue weighted by Crippen LogP contribution is 2.17. The molecule has 4 rings (SSSR count). The van der Waals surface area contributed by atoms with Crippen LogP contribution in [0.2, 0.25) is 0 Å². The zero-order chi connectivity index (χ0) is 22.7. The Morgan fingerprint density at radius 3 is 2.50 bits per heavy atom. The Bertz CT molecular complexity index is 1390. The van der Waals surface area contributed by atoms with Crippen LogP contribution in [0, 0.1) is 5.82 Å². The predicted octanol–water partition coefficient (Wildman–Crippen LogP) is 3.86. The summed E-state index contributed by atoms with van der Waals surface area (Å²) in [7, 11) is 1.66. The van der Waals surface area contributed by atoms with Crippen molar-refractivity contribution in [3.05, 3.63) is 112 Å². The molecule has 32 heavy (non-hydrogen) atoms. The smallest absolute Gasteiger partial charge is 0.255 e. The molecule has 0 saturated heterocycles. The number of rotatable bonds is 5. The highest BCUT2D eigenvalue weighted by atomic mass is 19.1. The van der Waals surface area contributed by atoms with Gasteiger partial charge in [-0.05, 0) is 42.0 Å². The molecule has 0 radical (unpaired) electrons. The lowest BCUT2D eigenvalue weighted by molar-refractivity contribution is 0.0951. The van der Waals surface area contributed by atoms with Crippen molar-refractivity contribution in [2.45, 2.75) is 6.54 Å². The van der Waals surface area contributed by atoms with E-state index in [1.165, 1.54) is 28.8 Å². The molecule has 0 unspecified atom stereocenters. The van der Waals surface area contributed by atoms with Gasteiger partial charge in [0.1, 0.15) is 5.82 Å². The topological polar surface area (TPSA) is 80.2 Å². The number of halogens is 1. The number of aryl methyl sites for hydroxylation is 1. The largest absolute Gasteiger partial charge is 0.348 e. The first-order valence-electron chi connectivity index (χ1n) is 9.95. The van der Waals surface area contributed by atoms with Crippen LogP contribution in [0.4, 0.5) is 10.1 Å². The van der Waals surface area contributed by atoms with E-state index in [1.807, 2.05) is 12.1 Å². The lowest BCUT2D eigenvalue weighted by Crippen LogP contribution is -2.26. The fraction of sp³-hybridized carbons (Fsp3) is 0.0800. The molecule has 7 heteroatoms. The Hall–Kier alpha value is -4.26. The molecule has 160 valence electrons. The molecular formula is C25H20FN3O3. The fourth-order valence-corrected chi connectivity index (χ4v) is 3.47. The molecule has 0 aliphatic rings. The zero-order valence-electron chi connectivity index (χ0n) is 17.3. The van der Waals surface area contributed by atoms with Crippen LogP contribution in [-0.4, -0.2) is 16.4 Å². The number of carbonyl (C=O) groups excluding carboxylic acids is 2. The van der Waals surface area contributed by atoms with Crippen LogP contribution >= 0.6 is 0 Å². The molecule has 0 aliphatic carbocycles. The minimum absolute atomic E-state index is 0.200. The fourth-order valence-electron chi connectivity index (χ4n) is 3.47. The summed E-state index contributed by atoms with van der Waals surface area (Å²) in [4.78, 5) is 37.4. The van der Waals surface area contributed by atoms with Gasteiger partial charge in [0.25, 0.3) is 17.4 Å². The van der Waals surface area contributed by atoms with Gasteiger partial charge in [-0.1, -0.05) is 36.4 Å². The van der Waals surface area contributed by atoms with Gasteiger partial charge in [0, 0.05) is 36.3 Å². The molecule has 4 aromatic rings. The highest BCUT2D eigenvalue weighted by molar-refractivity contribution is 6.06. The molecule has 0 fully saturated rings. The van der Waals surface area contributed by atoms with Gasteiger partial charge in [-0.3, -0.25) is 14.4 Å². The van der Waals surface area contributed by atoms with E-state index in [0.717, 1.165) is 11.6 Å². The van der Waals surface area contributed by atoms with Gasteiger partial charge < -0.3 is 15.2 Å². The standard InChI is InChI=1S/C25H20FN3O3/c1-29-22-11-3-2-10-20(22)21(14-23(29)30)25(32)27-15-16-6-4-9-19(12-16)28-24(31)17-7-5-8-18(26)13-17/h2-14H,15H2,1H3,(H,27,32)(H,28,31). The van der Waals surface area contributed by atoms with Crippen molar-refractivity contribution in [3.63, 3.8) is 0 Å². The van der Waals surface area contributed by atoms with Crippen LogP contribution < -0.4 is 16.2 Å². The quantitative estimate of drug-likeness (QED) is 0.506. The number of fused-ring (bicyclic) bond motifs is 1. The number of aromatic nitrogens is 1. The molecule has 0 bridgehead atoms. The lowest BCUT2D eigenvalue weighted by Gasteiger charge is -2.11. The number of benzene rings is 3. The van der Waals surface area contributed by atoms with E-state index in [1.54, 1.807) is 43.4 Å². The van der Waals surface area contributed by atoms with Crippen molar-refractivity contribution >= 4 is 28.4 Å². The van der Waals surface area contributed by atoms with E-state index in [0.29, 0.717) is 22.2 Å². The van der Waals surface area contributed by atoms with E-state index in [2.05, 4.69) is 10.6 Å². The maximum Gasteiger partial charge on any atom is 0.255 e. The third-order valence-electron chi connectivity index (χ3n) is 5.12. The van der Waals surface area contributed by atoms with Crippen LogP contribution in [0.15, 0.2) is 83.7 Å². The summed E-state index contributed by atoms with van der Waals surface area (Å²) >= 11 is 0. The average Bonchev–Trinajstić information content (AvgIpc) is 2.80. The van der Waals surface area contributed by atoms with E-state index >= 15 is 0 Å². The number of anilines is 1. The molecule has 2 N–H and O–H groups in total. The molecule has 6 nitrogen and oxygen atoms in total. The van der Waals surface area contributed by atoms with Crippen LogP contribution in [0.1, 0.15) is 26.3 Å². The third kappa shape index (κ3) is 4.41. The first-order valence-corrected chi connectivity index (χ1v) is 9.95. The summed E-state index contributed by atoms with van der Waals surface area (Å²) in [5.41, 5.74) is 2.19. The third-order valence-corrected chi connectivity index (χ3v) is 5.12. The first-order chi connectivity index (χ1) is 15.4. The second-order valence-electron chi connectivity index (χ2n) is 7.32. The molecule has 0 saturated carbocycles. The summed E-state index contributed by atoms with van der Waals surface area (Å²) in [5.74, 6) is -1.29. The number of carbonyl (C=O) groups is 2. The van der Waals surface area contributed by atoms with Crippen molar-refractivity contribution in [3.8, 4) is 0 Å². The molecular weight excluding hydrogens is 409 g/mol. The van der Waals surface area contributed by atoms with Crippen molar-refractivity contribution in [1.29, 1.82) is 0 Å². The first kappa shape index (κ1) is 21.0. The summed E-state index contributed by atoms with van der Waals surface area (Å²) in [5, 5.41) is 6.23. The number of amides is 2. The SMILES string of the molecule is Cn1c(=O)cc(C(=O)NCc2cccc(NC(=O)c3cccc(F)c3)c2)c2ccccc21. The Labute approximate surface area is 183 Å². The van der Waals surface area contributed by atoms with Crippen LogP contribution in [0.5, 0.6) is 0 Å². The van der Waals surface area contributed by atoms with E-state index in [4.69, 9.17) is 0 Å². The van der Waals surface area contributed by atoms with E-state index < -0.39 is 11.7 Å². The zero-order valence-corrected chi connectivity index (χ0v) is 17.3. The second-order valence-corrected chi connectivity index (χ2v) is 7.32. The predicted molar refractivity (Wildman–Crippen MR) is 121 cm³/mol. The van der Waals surface area contributed by atoms with Gasteiger partial charge in [-0.2, -0.15) is 0 Å². The maximum atomic E-state index is 13.3. The summed E-state index contributed by atoms with van der Waals surface area (Å²) in [6, 6.07) is 20.9. The van der Waals surface area contributed by atoms with E-state index in [9.17, 15) is 18.8 Å². The highest BCUT2D eigenvalue weighted by Gasteiger charge is 2.13. The molecule has 2 amide bonds. The number of nitrogens with zero attached hydrogens (tertiary/aromatic N) is 1. The number of hydrogen-bond acceptors (Lipinski definition) is 3. The Morgan fingerprint density at radius 2 is 1.69 bits per heavy atom. The molecule has 0 aliphatic heterocycles. The minimum Gasteiger partial charge on any atom is -0.348 e. The van der Waals surface area contributed by atoms with Crippen molar-refractivity contribution < 1.29 is 14.0 Å². The number of para-hydroxylation sites is 1. The molecule has 1 heterocycles. The number of nitrogens with one attached hydrogen (secondary N) is 2. The van der Waals surface area contributed by atoms with Crippen molar-refractivity contribution in [2.24, 2.45) is 7.05 Å². The van der Waals surface area contributed by atoms with Gasteiger partial charge >= 0.3 is 0 Å². The van der Waals surface area contributed by atoms with Gasteiger partial charge in [-0.15, -0.1) is 0 Å². The maximum absolute atomic E-state index is 13.3. The van der Waals surface area contributed by atoms with Gasteiger partial charge in [0.05, 0.1) is 11.1 Å².